The standard InChI is InChI=1S/C20H25N5O3/c1-24(2)17(26)13-25-11-3-4-15(12-25)18-20(23-10-9-22-18)28-16-7-5-14(6-8-16)19(21)27/h5-10,15H,3-4,11-13H2,1-2H3,(H2,21,27). The van der Waals surface area contributed by atoms with E-state index in [9.17, 15) is 9.59 Å². The maximum Gasteiger partial charge on any atom is 0.248 e. The van der Waals surface area contributed by atoms with Crippen molar-refractivity contribution in [3.63, 3.8) is 0 Å². The number of aromatic nitrogens is 2. The van der Waals surface area contributed by atoms with Crippen molar-refractivity contribution in [2.75, 3.05) is 33.7 Å². The van der Waals surface area contributed by atoms with Crippen LogP contribution in [0.5, 0.6) is 11.6 Å². The quantitative estimate of drug-likeness (QED) is 0.814. The van der Waals surface area contributed by atoms with Crippen molar-refractivity contribution in [1.29, 1.82) is 0 Å². The van der Waals surface area contributed by atoms with Gasteiger partial charge in [-0.25, -0.2) is 4.98 Å². The molecule has 1 aromatic heterocycles. The highest BCUT2D eigenvalue weighted by atomic mass is 16.5. The van der Waals surface area contributed by atoms with E-state index in [0.29, 0.717) is 23.7 Å². The van der Waals surface area contributed by atoms with Gasteiger partial charge in [0, 0.05) is 44.5 Å². The number of ether oxygens (including phenoxy) is 1. The fourth-order valence-electron chi connectivity index (χ4n) is 3.25. The molecule has 3 rings (SSSR count). The van der Waals surface area contributed by atoms with Crippen molar-refractivity contribution in [3.05, 3.63) is 47.9 Å². The summed E-state index contributed by atoms with van der Waals surface area (Å²) < 4.78 is 5.93. The lowest BCUT2D eigenvalue weighted by atomic mass is 9.94. The minimum atomic E-state index is -0.485. The number of amides is 2. The Balaban J connectivity index is 1.74. The molecule has 0 saturated carbocycles. The number of benzene rings is 1. The highest BCUT2D eigenvalue weighted by Crippen LogP contribution is 2.32. The second-order valence-electron chi connectivity index (χ2n) is 7.10. The number of carbonyl (C=O) groups excluding carboxylic acids is 2. The molecule has 0 bridgehead atoms. The van der Waals surface area contributed by atoms with E-state index in [1.54, 1.807) is 55.7 Å². The molecule has 1 aliphatic rings. The summed E-state index contributed by atoms with van der Waals surface area (Å²) in [6.45, 7) is 2.02. The van der Waals surface area contributed by atoms with Gasteiger partial charge in [0.1, 0.15) is 11.4 Å². The van der Waals surface area contributed by atoms with Gasteiger partial charge < -0.3 is 15.4 Å². The summed E-state index contributed by atoms with van der Waals surface area (Å²) in [5, 5.41) is 0. The van der Waals surface area contributed by atoms with Crippen LogP contribution in [0.1, 0.15) is 34.8 Å². The second kappa shape index (κ2) is 8.79. The van der Waals surface area contributed by atoms with Crippen molar-refractivity contribution < 1.29 is 14.3 Å². The van der Waals surface area contributed by atoms with Gasteiger partial charge in [-0.15, -0.1) is 0 Å². The molecule has 2 amide bonds. The van der Waals surface area contributed by atoms with E-state index in [2.05, 4.69) is 14.9 Å². The van der Waals surface area contributed by atoms with Gasteiger partial charge in [0.25, 0.3) is 0 Å². The van der Waals surface area contributed by atoms with Crippen LogP contribution >= 0.6 is 0 Å². The summed E-state index contributed by atoms with van der Waals surface area (Å²) in [7, 11) is 3.53. The number of hydrogen-bond donors (Lipinski definition) is 1. The van der Waals surface area contributed by atoms with Crippen molar-refractivity contribution >= 4 is 11.8 Å². The highest BCUT2D eigenvalue weighted by Gasteiger charge is 2.27. The van der Waals surface area contributed by atoms with Crippen molar-refractivity contribution in [1.82, 2.24) is 19.8 Å². The number of likely N-dealkylation sites (tertiary alicyclic amines) is 1. The average Bonchev–Trinajstić information content (AvgIpc) is 2.69. The van der Waals surface area contributed by atoms with Gasteiger partial charge in [-0.05, 0) is 43.7 Å². The summed E-state index contributed by atoms with van der Waals surface area (Å²) in [5.41, 5.74) is 6.47. The molecule has 2 N–H and O–H groups in total. The Bertz CT molecular complexity index is 838. The molecule has 148 valence electrons. The maximum absolute atomic E-state index is 12.0. The SMILES string of the molecule is CN(C)C(=O)CN1CCCC(c2nccnc2Oc2ccc(C(N)=O)cc2)C1. The highest BCUT2D eigenvalue weighted by molar-refractivity contribution is 5.92. The molecule has 1 fully saturated rings. The number of piperidine rings is 1. The molecule has 2 aromatic rings. The van der Waals surface area contributed by atoms with Crippen molar-refractivity contribution in [3.8, 4) is 11.6 Å². The van der Waals surface area contributed by atoms with Gasteiger partial charge in [-0.3, -0.25) is 19.5 Å². The Morgan fingerprint density at radius 3 is 2.61 bits per heavy atom. The van der Waals surface area contributed by atoms with Gasteiger partial charge in [0.05, 0.1) is 6.54 Å². The summed E-state index contributed by atoms with van der Waals surface area (Å²) in [4.78, 5) is 35.9. The molecule has 1 aliphatic heterocycles. The Kier molecular flexibility index (Phi) is 6.20. The van der Waals surface area contributed by atoms with Gasteiger partial charge in [0.2, 0.25) is 17.7 Å². The van der Waals surface area contributed by atoms with E-state index in [0.717, 1.165) is 31.6 Å². The number of hydrogen-bond acceptors (Lipinski definition) is 6. The van der Waals surface area contributed by atoms with Crippen LogP contribution in [0.4, 0.5) is 0 Å². The van der Waals surface area contributed by atoms with Crippen LogP contribution in [0.2, 0.25) is 0 Å². The zero-order valence-electron chi connectivity index (χ0n) is 16.2. The Labute approximate surface area is 164 Å². The molecular weight excluding hydrogens is 358 g/mol. The third-order valence-electron chi connectivity index (χ3n) is 4.79. The topological polar surface area (TPSA) is 102 Å². The zero-order valence-corrected chi connectivity index (χ0v) is 16.2. The average molecular weight is 383 g/mol. The molecule has 1 saturated heterocycles. The number of nitrogens with zero attached hydrogens (tertiary/aromatic N) is 4. The molecule has 8 heteroatoms. The molecule has 1 unspecified atom stereocenters. The minimum absolute atomic E-state index is 0.0887. The summed E-state index contributed by atoms with van der Waals surface area (Å²) in [6.07, 6.45) is 5.19. The molecule has 1 aromatic carbocycles. The Hall–Kier alpha value is -3.00. The van der Waals surface area contributed by atoms with E-state index in [4.69, 9.17) is 10.5 Å². The number of carbonyl (C=O) groups is 2. The molecule has 8 nitrogen and oxygen atoms in total. The lowest BCUT2D eigenvalue weighted by Crippen LogP contribution is -2.41. The predicted octanol–water partition coefficient (Wildman–Crippen LogP) is 1.64. The fraction of sp³-hybridized carbons (Fsp3) is 0.400. The molecule has 0 aliphatic carbocycles. The van der Waals surface area contributed by atoms with Crippen molar-refractivity contribution in [2.45, 2.75) is 18.8 Å². The molecule has 0 radical (unpaired) electrons. The minimum Gasteiger partial charge on any atom is -0.437 e. The van der Waals surface area contributed by atoms with Crippen LogP contribution in [0.15, 0.2) is 36.7 Å². The molecule has 1 atom stereocenters. The molecule has 0 spiro atoms. The first-order valence-electron chi connectivity index (χ1n) is 9.25. The smallest absolute Gasteiger partial charge is 0.248 e. The van der Waals surface area contributed by atoms with Crippen LogP contribution in [0.3, 0.4) is 0 Å². The third-order valence-corrected chi connectivity index (χ3v) is 4.79. The molecule has 2 heterocycles. The van der Waals surface area contributed by atoms with Crippen LogP contribution in [0.25, 0.3) is 0 Å². The number of likely N-dealkylation sites (N-methyl/N-ethyl adjacent to an activating group) is 1. The van der Waals surface area contributed by atoms with Gasteiger partial charge >= 0.3 is 0 Å². The van der Waals surface area contributed by atoms with Gasteiger partial charge in [-0.2, -0.15) is 0 Å². The number of primary amides is 1. The maximum atomic E-state index is 12.0. The van der Waals surface area contributed by atoms with Crippen LogP contribution in [-0.4, -0.2) is 65.3 Å². The largest absolute Gasteiger partial charge is 0.437 e. The molecule has 28 heavy (non-hydrogen) atoms. The predicted molar refractivity (Wildman–Crippen MR) is 104 cm³/mol. The Morgan fingerprint density at radius 2 is 1.93 bits per heavy atom. The second-order valence-corrected chi connectivity index (χ2v) is 7.10. The first-order chi connectivity index (χ1) is 13.4. The lowest BCUT2D eigenvalue weighted by molar-refractivity contribution is -0.130. The van der Waals surface area contributed by atoms with Crippen molar-refractivity contribution in [2.24, 2.45) is 5.73 Å². The first kappa shape index (κ1) is 19.8. The monoisotopic (exact) mass is 383 g/mol. The lowest BCUT2D eigenvalue weighted by Gasteiger charge is -2.32. The van der Waals surface area contributed by atoms with E-state index >= 15 is 0 Å². The number of nitrogens with two attached hydrogens (primary N) is 1. The van der Waals surface area contributed by atoms with E-state index in [-0.39, 0.29) is 11.8 Å². The molecular formula is C20H25N5O3. The van der Waals surface area contributed by atoms with Gasteiger partial charge in [-0.1, -0.05) is 0 Å². The zero-order chi connectivity index (χ0) is 20.1. The summed E-state index contributed by atoms with van der Waals surface area (Å²) in [5.74, 6) is 0.742. The van der Waals surface area contributed by atoms with Crippen LogP contribution in [0, 0.1) is 0 Å². The van der Waals surface area contributed by atoms with E-state index in [1.807, 2.05) is 0 Å². The van der Waals surface area contributed by atoms with E-state index in [1.165, 1.54) is 0 Å². The fourth-order valence-corrected chi connectivity index (χ4v) is 3.25. The number of rotatable bonds is 6. The van der Waals surface area contributed by atoms with Gasteiger partial charge in [0.15, 0.2) is 0 Å². The summed E-state index contributed by atoms with van der Waals surface area (Å²) >= 11 is 0. The summed E-state index contributed by atoms with van der Waals surface area (Å²) in [6, 6.07) is 6.59. The van der Waals surface area contributed by atoms with E-state index < -0.39 is 5.91 Å². The third kappa shape index (κ3) is 4.83. The van der Waals surface area contributed by atoms with Crippen LogP contribution in [-0.2, 0) is 4.79 Å². The normalized spacial score (nSPS) is 17.1. The Morgan fingerprint density at radius 1 is 1.21 bits per heavy atom. The van der Waals surface area contributed by atoms with Crippen LogP contribution < -0.4 is 10.5 Å². The first-order valence-corrected chi connectivity index (χ1v) is 9.25.